The number of unbranched alkanes of at least 4 members (excludes halogenated alkanes) is 13. The highest BCUT2D eigenvalue weighted by Crippen LogP contribution is 2.21. The molecule has 5 nitrogen and oxygen atoms in total. The number of ether oxygens (including phenoxy) is 2. The Morgan fingerprint density at radius 2 is 1.40 bits per heavy atom. The van der Waals surface area contributed by atoms with Crippen molar-refractivity contribution in [3.05, 3.63) is 12.2 Å². The summed E-state index contributed by atoms with van der Waals surface area (Å²) in [6, 6.07) is 0. The maximum absolute atomic E-state index is 9.89. The molecular formula is C25H48O5. The summed E-state index contributed by atoms with van der Waals surface area (Å²) in [6.45, 7) is 2.57. The molecule has 0 amide bonds. The normalized spacial score (nSPS) is 22.9. The van der Waals surface area contributed by atoms with Crippen LogP contribution in [-0.2, 0) is 9.47 Å². The van der Waals surface area contributed by atoms with E-state index in [2.05, 4.69) is 19.1 Å². The van der Waals surface area contributed by atoms with Gasteiger partial charge in [-0.15, -0.1) is 0 Å². The van der Waals surface area contributed by atoms with Gasteiger partial charge in [0.2, 0.25) is 0 Å². The monoisotopic (exact) mass is 428 g/mol. The van der Waals surface area contributed by atoms with E-state index in [1.807, 2.05) is 0 Å². The van der Waals surface area contributed by atoms with Gasteiger partial charge >= 0.3 is 0 Å². The highest BCUT2D eigenvalue weighted by atomic mass is 16.6. The number of hydrogen-bond donors (Lipinski definition) is 3. The highest BCUT2D eigenvalue weighted by Gasteiger charge is 2.40. The Kier molecular flexibility index (Phi) is 17.7. The molecule has 1 fully saturated rings. The van der Waals surface area contributed by atoms with Crippen LogP contribution in [0.1, 0.15) is 103 Å². The van der Waals surface area contributed by atoms with Crippen molar-refractivity contribution in [3.63, 3.8) is 0 Å². The number of allylic oxidation sites excluding steroid dienone is 2. The molecule has 0 aliphatic carbocycles. The van der Waals surface area contributed by atoms with Crippen LogP contribution in [-0.4, -0.2) is 59.6 Å². The van der Waals surface area contributed by atoms with Gasteiger partial charge in [-0.05, 0) is 32.1 Å². The van der Waals surface area contributed by atoms with Gasteiger partial charge in [-0.3, -0.25) is 0 Å². The predicted molar refractivity (Wildman–Crippen MR) is 123 cm³/mol. The summed E-state index contributed by atoms with van der Waals surface area (Å²) in [5, 5.41) is 28.7. The first-order chi connectivity index (χ1) is 14.7. The van der Waals surface area contributed by atoms with Crippen LogP contribution in [0.2, 0.25) is 0 Å². The molecule has 1 heterocycles. The van der Waals surface area contributed by atoms with Crippen molar-refractivity contribution in [3.8, 4) is 0 Å². The van der Waals surface area contributed by atoms with Crippen LogP contribution in [0.4, 0.5) is 0 Å². The lowest BCUT2D eigenvalue weighted by Crippen LogP contribution is -2.42. The van der Waals surface area contributed by atoms with Crippen LogP contribution in [0.15, 0.2) is 12.2 Å². The van der Waals surface area contributed by atoms with Crippen molar-refractivity contribution in [2.24, 2.45) is 0 Å². The zero-order valence-electron chi connectivity index (χ0n) is 19.4. The molecule has 0 saturated carbocycles. The van der Waals surface area contributed by atoms with E-state index in [4.69, 9.17) is 14.6 Å². The molecule has 0 radical (unpaired) electrons. The van der Waals surface area contributed by atoms with E-state index in [1.54, 1.807) is 0 Å². The minimum Gasteiger partial charge on any atom is -0.394 e. The van der Waals surface area contributed by atoms with Crippen LogP contribution >= 0.6 is 0 Å². The van der Waals surface area contributed by atoms with Gasteiger partial charge in [0.15, 0.2) is 0 Å². The predicted octanol–water partition coefficient (Wildman–Crippen LogP) is 4.91. The molecule has 0 aromatic rings. The van der Waals surface area contributed by atoms with E-state index in [-0.39, 0.29) is 13.2 Å². The molecule has 0 aromatic heterocycles. The van der Waals surface area contributed by atoms with Gasteiger partial charge in [-0.2, -0.15) is 0 Å². The summed E-state index contributed by atoms with van der Waals surface area (Å²) in [5.74, 6) is 0. The van der Waals surface area contributed by atoms with Gasteiger partial charge in [0, 0.05) is 6.61 Å². The fourth-order valence-electron chi connectivity index (χ4n) is 4.00. The molecule has 1 saturated heterocycles. The number of aliphatic hydroxyl groups excluding tert-OH is 3. The molecule has 30 heavy (non-hydrogen) atoms. The average Bonchev–Trinajstić information content (AvgIpc) is 3.12. The Labute approximate surface area is 184 Å². The Hall–Kier alpha value is -0.460. The van der Waals surface area contributed by atoms with Gasteiger partial charge < -0.3 is 24.8 Å². The molecule has 0 aromatic carbocycles. The third kappa shape index (κ3) is 13.1. The molecule has 4 atom stereocenters. The first kappa shape index (κ1) is 27.6. The average molecular weight is 429 g/mol. The van der Waals surface area contributed by atoms with Crippen molar-refractivity contribution in [2.45, 2.75) is 128 Å². The zero-order valence-corrected chi connectivity index (χ0v) is 19.4. The van der Waals surface area contributed by atoms with E-state index in [1.165, 1.54) is 77.0 Å². The molecule has 3 N–H and O–H groups in total. The first-order valence-electron chi connectivity index (χ1n) is 12.6. The van der Waals surface area contributed by atoms with Crippen molar-refractivity contribution in [1.82, 2.24) is 0 Å². The van der Waals surface area contributed by atoms with Crippen molar-refractivity contribution in [2.75, 3.05) is 19.8 Å². The summed E-state index contributed by atoms with van der Waals surface area (Å²) >= 11 is 0. The second-order valence-corrected chi connectivity index (χ2v) is 8.74. The molecule has 5 heteroatoms. The second kappa shape index (κ2) is 19.2. The summed E-state index contributed by atoms with van der Waals surface area (Å²) in [5.41, 5.74) is 0. The second-order valence-electron chi connectivity index (χ2n) is 8.74. The van der Waals surface area contributed by atoms with Gasteiger partial charge in [0.1, 0.15) is 24.4 Å². The minimum absolute atomic E-state index is 0.147. The van der Waals surface area contributed by atoms with E-state index < -0.39 is 24.4 Å². The molecular weight excluding hydrogens is 380 g/mol. The largest absolute Gasteiger partial charge is 0.394 e. The third-order valence-electron chi connectivity index (χ3n) is 5.95. The lowest BCUT2D eigenvalue weighted by atomic mass is 10.1. The fourth-order valence-corrected chi connectivity index (χ4v) is 4.00. The molecule has 1 aliphatic heterocycles. The minimum atomic E-state index is -1.01. The molecule has 1 rings (SSSR count). The van der Waals surface area contributed by atoms with E-state index in [0.717, 1.165) is 19.3 Å². The lowest BCUT2D eigenvalue weighted by Gasteiger charge is -2.23. The van der Waals surface area contributed by atoms with Gasteiger partial charge in [0.05, 0.1) is 13.2 Å². The molecule has 0 spiro atoms. The third-order valence-corrected chi connectivity index (χ3v) is 5.95. The maximum Gasteiger partial charge on any atom is 0.114 e. The van der Waals surface area contributed by atoms with Crippen LogP contribution in [0.3, 0.4) is 0 Å². The molecule has 178 valence electrons. The van der Waals surface area contributed by atoms with Crippen molar-refractivity contribution < 1.29 is 24.8 Å². The maximum atomic E-state index is 9.89. The SMILES string of the molecule is CCCCCCCCCCCCC/C=C/CCCCO[C@@H]1[C@H]([C@H](O)CO)OC[C@@H]1O. The fraction of sp³-hybridized carbons (Fsp3) is 0.920. The standard InChI is InChI=1S/C25H48O5/c1-2-3-4-5-6-7-8-9-10-11-12-13-14-15-16-17-18-19-29-25-23(28)21-30-24(25)22(27)20-26/h14-15,22-28H,2-13,16-21H2,1H3/b15-14+/t22-,23+,24+,25+/m1/s1. The summed E-state index contributed by atoms with van der Waals surface area (Å²) in [4.78, 5) is 0. The van der Waals surface area contributed by atoms with Crippen molar-refractivity contribution >= 4 is 0 Å². The number of hydrogen-bond acceptors (Lipinski definition) is 5. The van der Waals surface area contributed by atoms with E-state index in [0.29, 0.717) is 6.61 Å². The Morgan fingerprint density at radius 3 is 1.97 bits per heavy atom. The number of rotatable bonds is 20. The van der Waals surface area contributed by atoms with E-state index in [9.17, 15) is 10.2 Å². The quantitative estimate of drug-likeness (QED) is 0.190. The lowest BCUT2D eigenvalue weighted by molar-refractivity contribution is -0.0937. The summed E-state index contributed by atoms with van der Waals surface area (Å²) in [6.07, 6.45) is 21.1. The highest BCUT2D eigenvalue weighted by molar-refractivity contribution is 4.89. The Balaban J connectivity index is 1.86. The topological polar surface area (TPSA) is 79.2 Å². The summed E-state index contributed by atoms with van der Waals surface area (Å²) < 4.78 is 11.0. The Bertz CT molecular complexity index is 401. The molecule has 0 bridgehead atoms. The Morgan fingerprint density at radius 1 is 0.867 bits per heavy atom. The van der Waals surface area contributed by atoms with Crippen molar-refractivity contribution in [1.29, 1.82) is 0 Å². The first-order valence-corrected chi connectivity index (χ1v) is 12.6. The molecule has 1 aliphatic rings. The number of aliphatic hydroxyl groups is 3. The van der Waals surface area contributed by atoms with Crippen LogP contribution < -0.4 is 0 Å². The smallest absolute Gasteiger partial charge is 0.114 e. The zero-order chi connectivity index (χ0) is 21.9. The van der Waals surface area contributed by atoms with Crippen LogP contribution in [0.5, 0.6) is 0 Å². The van der Waals surface area contributed by atoms with Crippen LogP contribution in [0.25, 0.3) is 0 Å². The summed E-state index contributed by atoms with van der Waals surface area (Å²) in [7, 11) is 0. The van der Waals surface area contributed by atoms with Gasteiger partial charge in [-0.25, -0.2) is 0 Å². The van der Waals surface area contributed by atoms with Gasteiger partial charge in [0.25, 0.3) is 0 Å². The van der Waals surface area contributed by atoms with E-state index >= 15 is 0 Å². The van der Waals surface area contributed by atoms with Crippen LogP contribution in [0, 0.1) is 0 Å². The van der Waals surface area contributed by atoms with Gasteiger partial charge in [-0.1, -0.05) is 83.3 Å². The molecule has 0 unspecified atom stereocenters.